The third-order valence-electron chi connectivity index (χ3n) is 3.02. The fourth-order valence-corrected chi connectivity index (χ4v) is 1.97. The van der Waals surface area contributed by atoms with Crippen molar-refractivity contribution >= 4 is 5.78 Å². The molecule has 0 fully saturated rings. The molecule has 0 aromatic heterocycles. The molecule has 0 amide bonds. The van der Waals surface area contributed by atoms with Gasteiger partial charge in [-0.05, 0) is 30.2 Å². The Morgan fingerprint density at radius 1 is 1.10 bits per heavy atom. The number of ketones is 1. The Morgan fingerprint density at radius 2 is 1.75 bits per heavy atom. The quantitative estimate of drug-likeness (QED) is 0.771. The minimum absolute atomic E-state index is 0.0823. The van der Waals surface area contributed by atoms with Crippen molar-refractivity contribution in [2.75, 3.05) is 0 Å². The number of halogens is 2. The molecule has 0 saturated carbocycles. The first-order chi connectivity index (χ1) is 9.58. The van der Waals surface area contributed by atoms with Crippen molar-refractivity contribution < 1.29 is 18.3 Å². The summed E-state index contributed by atoms with van der Waals surface area (Å²) in [6.07, 6.45) is 0.163. The molecule has 104 valence electrons. The van der Waals surface area contributed by atoms with E-state index >= 15 is 0 Å². The Bertz CT molecular complexity index is 609. The lowest BCUT2D eigenvalue weighted by Crippen LogP contribution is -2.10. The van der Waals surface area contributed by atoms with Crippen LogP contribution in [0.1, 0.15) is 21.5 Å². The molecule has 4 heteroatoms. The number of carbonyl (C=O) groups is 1. The van der Waals surface area contributed by atoms with Crippen molar-refractivity contribution in [3.63, 3.8) is 0 Å². The average Bonchev–Trinajstić information content (AvgIpc) is 2.41. The molecule has 0 bridgehead atoms. The van der Waals surface area contributed by atoms with Crippen molar-refractivity contribution in [1.29, 1.82) is 0 Å². The van der Waals surface area contributed by atoms with Gasteiger partial charge in [0.15, 0.2) is 5.78 Å². The zero-order valence-electron chi connectivity index (χ0n) is 11.0. The first-order valence-electron chi connectivity index (χ1n) is 6.19. The molecular formula is C16H14F2O2. The van der Waals surface area contributed by atoms with Gasteiger partial charge in [0.1, 0.15) is 5.75 Å². The molecule has 0 atom stereocenters. The number of carbonyl (C=O) groups excluding carboxylic acids is 1. The van der Waals surface area contributed by atoms with Gasteiger partial charge in [-0.3, -0.25) is 4.79 Å². The van der Waals surface area contributed by atoms with Crippen LogP contribution in [0.15, 0.2) is 48.5 Å². The van der Waals surface area contributed by atoms with Crippen LogP contribution in [0.5, 0.6) is 5.75 Å². The second-order valence-electron chi connectivity index (χ2n) is 4.40. The van der Waals surface area contributed by atoms with Crippen LogP contribution in [0.3, 0.4) is 0 Å². The standard InChI is InChI=1S/C16H14F2O2/c1-11-6-2-3-7-12(11)10-14(19)13-8-4-5-9-15(13)20-16(17)18/h2-9,16H,10H2,1H3. The number of aryl methyl sites for hydroxylation is 1. The molecule has 0 heterocycles. The molecular weight excluding hydrogens is 262 g/mol. The van der Waals surface area contributed by atoms with Gasteiger partial charge in [-0.25, -0.2) is 0 Å². The van der Waals surface area contributed by atoms with Gasteiger partial charge >= 0.3 is 6.61 Å². The summed E-state index contributed by atoms with van der Waals surface area (Å²) in [4.78, 5) is 12.2. The van der Waals surface area contributed by atoms with Crippen LogP contribution in [0.25, 0.3) is 0 Å². The molecule has 2 rings (SSSR count). The van der Waals surface area contributed by atoms with E-state index in [4.69, 9.17) is 0 Å². The lowest BCUT2D eigenvalue weighted by Gasteiger charge is -2.10. The van der Waals surface area contributed by atoms with Gasteiger partial charge in [-0.2, -0.15) is 8.78 Å². The Kier molecular flexibility index (Phi) is 4.45. The molecule has 2 aromatic carbocycles. The van der Waals surface area contributed by atoms with E-state index in [0.29, 0.717) is 0 Å². The molecule has 0 saturated heterocycles. The van der Waals surface area contributed by atoms with E-state index in [0.717, 1.165) is 11.1 Å². The molecule has 0 aliphatic carbocycles. The molecule has 2 aromatic rings. The minimum Gasteiger partial charge on any atom is -0.434 e. The zero-order valence-corrected chi connectivity index (χ0v) is 11.0. The second kappa shape index (κ2) is 6.28. The highest BCUT2D eigenvalue weighted by molar-refractivity contribution is 6.00. The number of hydrogen-bond acceptors (Lipinski definition) is 2. The Hall–Kier alpha value is -2.23. The highest BCUT2D eigenvalue weighted by Gasteiger charge is 2.16. The number of benzene rings is 2. The van der Waals surface area contributed by atoms with E-state index in [1.807, 2.05) is 31.2 Å². The van der Waals surface area contributed by atoms with Crippen molar-refractivity contribution in [2.45, 2.75) is 20.0 Å². The van der Waals surface area contributed by atoms with E-state index in [9.17, 15) is 13.6 Å². The van der Waals surface area contributed by atoms with E-state index in [1.54, 1.807) is 12.1 Å². The summed E-state index contributed by atoms with van der Waals surface area (Å²) in [6.45, 7) is -1.04. The summed E-state index contributed by atoms with van der Waals surface area (Å²) in [5.74, 6) is -0.323. The van der Waals surface area contributed by atoms with Crippen molar-refractivity contribution in [1.82, 2.24) is 0 Å². The maximum absolute atomic E-state index is 12.3. The molecule has 0 N–H and O–H groups in total. The van der Waals surface area contributed by atoms with Crippen LogP contribution in [0, 0.1) is 6.92 Å². The third kappa shape index (κ3) is 3.41. The Morgan fingerprint density at radius 3 is 2.45 bits per heavy atom. The number of alkyl halides is 2. The van der Waals surface area contributed by atoms with Crippen molar-refractivity contribution in [3.05, 3.63) is 65.2 Å². The van der Waals surface area contributed by atoms with Crippen LogP contribution in [-0.2, 0) is 6.42 Å². The molecule has 20 heavy (non-hydrogen) atoms. The zero-order chi connectivity index (χ0) is 14.5. The third-order valence-corrected chi connectivity index (χ3v) is 3.02. The summed E-state index contributed by atoms with van der Waals surface area (Å²) in [5, 5.41) is 0. The molecule has 0 radical (unpaired) electrons. The lowest BCUT2D eigenvalue weighted by atomic mass is 9.99. The van der Waals surface area contributed by atoms with Crippen molar-refractivity contribution in [2.24, 2.45) is 0 Å². The van der Waals surface area contributed by atoms with E-state index in [1.165, 1.54) is 12.1 Å². The first kappa shape index (κ1) is 14.2. The van der Waals surface area contributed by atoms with Crippen molar-refractivity contribution in [3.8, 4) is 5.75 Å². The number of Topliss-reactive ketones (excluding diaryl/α,β-unsaturated/α-hetero) is 1. The predicted octanol–water partition coefficient (Wildman–Crippen LogP) is 4.02. The average molecular weight is 276 g/mol. The topological polar surface area (TPSA) is 26.3 Å². The second-order valence-corrected chi connectivity index (χ2v) is 4.40. The first-order valence-corrected chi connectivity index (χ1v) is 6.19. The van der Waals surface area contributed by atoms with Gasteiger partial charge in [0.2, 0.25) is 0 Å². The van der Waals surface area contributed by atoms with Crippen LogP contribution in [0.2, 0.25) is 0 Å². The number of para-hydroxylation sites is 1. The van der Waals surface area contributed by atoms with Gasteiger partial charge in [0.25, 0.3) is 0 Å². The molecule has 0 unspecified atom stereocenters. The maximum Gasteiger partial charge on any atom is 0.387 e. The fraction of sp³-hybridized carbons (Fsp3) is 0.188. The summed E-state index contributed by atoms with van der Waals surface area (Å²) in [5.41, 5.74) is 2.05. The normalized spacial score (nSPS) is 10.6. The van der Waals surface area contributed by atoms with Crippen LogP contribution < -0.4 is 4.74 Å². The highest BCUT2D eigenvalue weighted by Crippen LogP contribution is 2.22. The minimum atomic E-state index is -2.94. The summed E-state index contributed by atoms with van der Waals surface area (Å²) < 4.78 is 29.0. The Balaban J connectivity index is 2.23. The lowest BCUT2D eigenvalue weighted by molar-refractivity contribution is -0.0501. The van der Waals surface area contributed by atoms with E-state index in [-0.39, 0.29) is 23.5 Å². The molecule has 0 spiro atoms. The number of hydrogen-bond donors (Lipinski definition) is 0. The van der Waals surface area contributed by atoms with E-state index < -0.39 is 6.61 Å². The summed E-state index contributed by atoms with van der Waals surface area (Å²) in [7, 11) is 0. The molecule has 2 nitrogen and oxygen atoms in total. The monoisotopic (exact) mass is 276 g/mol. The van der Waals surface area contributed by atoms with Gasteiger partial charge in [0.05, 0.1) is 5.56 Å². The summed E-state index contributed by atoms with van der Waals surface area (Å²) in [6, 6.07) is 13.5. The highest BCUT2D eigenvalue weighted by atomic mass is 19.3. The number of rotatable bonds is 5. The van der Waals surface area contributed by atoms with E-state index in [2.05, 4.69) is 4.74 Å². The van der Waals surface area contributed by atoms with Crippen LogP contribution in [-0.4, -0.2) is 12.4 Å². The maximum atomic E-state index is 12.3. The van der Waals surface area contributed by atoms with Gasteiger partial charge in [-0.1, -0.05) is 36.4 Å². The molecule has 0 aliphatic rings. The summed E-state index contributed by atoms with van der Waals surface area (Å²) >= 11 is 0. The van der Waals surface area contributed by atoms with Crippen LogP contribution >= 0.6 is 0 Å². The SMILES string of the molecule is Cc1ccccc1CC(=O)c1ccccc1OC(F)F. The fourth-order valence-electron chi connectivity index (χ4n) is 1.97. The van der Waals surface area contributed by atoms with Gasteiger partial charge < -0.3 is 4.74 Å². The largest absolute Gasteiger partial charge is 0.434 e. The molecule has 0 aliphatic heterocycles. The Labute approximate surface area is 116 Å². The predicted molar refractivity (Wildman–Crippen MR) is 72.3 cm³/mol. The van der Waals surface area contributed by atoms with Gasteiger partial charge in [0, 0.05) is 6.42 Å². The smallest absolute Gasteiger partial charge is 0.387 e. The van der Waals surface area contributed by atoms with Crippen LogP contribution in [0.4, 0.5) is 8.78 Å². The van der Waals surface area contributed by atoms with Gasteiger partial charge in [-0.15, -0.1) is 0 Å². The number of ether oxygens (including phenoxy) is 1.